The monoisotopic (exact) mass is 347 g/mol. The van der Waals surface area contributed by atoms with Crippen molar-refractivity contribution >= 4 is 11.6 Å². The van der Waals surface area contributed by atoms with Crippen molar-refractivity contribution in [1.82, 2.24) is 0 Å². The number of rotatable bonds is 8. The van der Waals surface area contributed by atoms with Gasteiger partial charge in [0.15, 0.2) is 0 Å². The van der Waals surface area contributed by atoms with Gasteiger partial charge in [0, 0.05) is 12.3 Å². The molecule has 0 unspecified atom stereocenters. The van der Waals surface area contributed by atoms with Crippen molar-refractivity contribution in [1.29, 1.82) is 0 Å². The maximum absolute atomic E-state index is 13.0. The van der Waals surface area contributed by atoms with Gasteiger partial charge in [0.05, 0.1) is 6.61 Å². The molecule has 1 N–H and O–H groups in total. The molecule has 140 valence electrons. The van der Waals surface area contributed by atoms with Crippen molar-refractivity contribution in [2.45, 2.75) is 71.8 Å². The third kappa shape index (κ3) is 5.21. The minimum absolute atomic E-state index is 0.00544. The zero-order chi connectivity index (χ0) is 18.3. The highest BCUT2D eigenvalue weighted by molar-refractivity contribution is 5.97. The first-order valence-corrected chi connectivity index (χ1v) is 9.69. The molecule has 2 atom stereocenters. The van der Waals surface area contributed by atoms with Gasteiger partial charge in [0.25, 0.3) is 5.91 Å². The van der Waals surface area contributed by atoms with E-state index >= 15 is 0 Å². The summed E-state index contributed by atoms with van der Waals surface area (Å²) < 4.78 is 11.8. The molecule has 0 bridgehead atoms. The van der Waals surface area contributed by atoms with Crippen molar-refractivity contribution in [2.75, 3.05) is 18.5 Å². The number of aryl methyl sites for hydroxylation is 1. The fourth-order valence-corrected chi connectivity index (χ4v) is 3.55. The van der Waals surface area contributed by atoms with Crippen LogP contribution in [0.5, 0.6) is 5.75 Å². The van der Waals surface area contributed by atoms with Crippen LogP contribution in [0.1, 0.15) is 64.9 Å². The minimum atomic E-state index is -0.682. The highest BCUT2D eigenvalue weighted by Gasteiger charge is 2.42. The Morgan fingerprint density at radius 1 is 1.28 bits per heavy atom. The van der Waals surface area contributed by atoms with Crippen LogP contribution >= 0.6 is 0 Å². The quantitative estimate of drug-likeness (QED) is 0.712. The Labute approximate surface area is 152 Å². The Bertz CT molecular complexity index is 572. The summed E-state index contributed by atoms with van der Waals surface area (Å²) in [5.74, 6) is 1.39. The molecule has 1 aliphatic carbocycles. The minimum Gasteiger partial charge on any atom is -0.493 e. The third-order valence-electron chi connectivity index (χ3n) is 4.85. The van der Waals surface area contributed by atoms with E-state index in [4.69, 9.17) is 9.47 Å². The van der Waals surface area contributed by atoms with Crippen LogP contribution < -0.4 is 10.1 Å². The predicted octanol–water partition coefficient (Wildman–Crippen LogP) is 5.10. The van der Waals surface area contributed by atoms with Gasteiger partial charge in [0.2, 0.25) is 0 Å². The van der Waals surface area contributed by atoms with Crippen LogP contribution in [0.15, 0.2) is 18.2 Å². The van der Waals surface area contributed by atoms with Gasteiger partial charge in [-0.25, -0.2) is 0 Å². The lowest BCUT2D eigenvalue weighted by atomic mass is 9.78. The molecule has 0 spiro atoms. The topological polar surface area (TPSA) is 47.6 Å². The summed E-state index contributed by atoms with van der Waals surface area (Å²) in [6.07, 6.45) is 5.73. The van der Waals surface area contributed by atoms with Crippen LogP contribution in [-0.4, -0.2) is 24.7 Å². The normalized spacial score (nSPS) is 23.3. The van der Waals surface area contributed by atoms with Gasteiger partial charge in [-0.05, 0) is 68.7 Å². The van der Waals surface area contributed by atoms with Gasteiger partial charge in [-0.15, -0.1) is 0 Å². The van der Waals surface area contributed by atoms with E-state index in [2.05, 4.69) is 26.1 Å². The Balaban J connectivity index is 2.10. The van der Waals surface area contributed by atoms with Gasteiger partial charge in [-0.2, -0.15) is 0 Å². The van der Waals surface area contributed by atoms with Crippen LogP contribution in [0, 0.1) is 12.8 Å². The Morgan fingerprint density at radius 3 is 2.68 bits per heavy atom. The van der Waals surface area contributed by atoms with Crippen LogP contribution in [0.2, 0.25) is 0 Å². The number of ether oxygens (including phenoxy) is 2. The van der Waals surface area contributed by atoms with Crippen molar-refractivity contribution in [3.8, 4) is 5.75 Å². The Kier molecular flexibility index (Phi) is 7.30. The molecule has 0 heterocycles. The molecule has 4 heteroatoms. The van der Waals surface area contributed by atoms with E-state index in [9.17, 15) is 4.79 Å². The first kappa shape index (κ1) is 19.8. The molecule has 0 aromatic heterocycles. The first-order chi connectivity index (χ1) is 12.0. The highest BCUT2D eigenvalue weighted by Crippen LogP contribution is 2.36. The second-order valence-electron chi connectivity index (χ2n) is 7.33. The van der Waals surface area contributed by atoms with Gasteiger partial charge in [-0.1, -0.05) is 27.2 Å². The molecule has 25 heavy (non-hydrogen) atoms. The van der Waals surface area contributed by atoms with E-state index in [1.165, 1.54) is 6.42 Å². The van der Waals surface area contributed by atoms with E-state index in [0.29, 0.717) is 19.1 Å². The molecule has 0 saturated heterocycles. The third-order valence-corrected chi connectivity index (χ3v) is 4.85. The molecule has 1 aliphatic rings. The zero-order valence-corrected chi connectivity index (χ0v) is 16.2. The molecule has 1 fully saturated rings. The van der Waals surface area contributed by atoms with E-state index in [0.717, 1.165) is 49.1 Å². The fraction of sp³-hybridized carbons (Fsp3) is 0.667. The lowest BCUT2D eigenvalue weighted by Gasteiger charge is -2.38. The van der Waals surface area contributed by atoms with E-state index in [-0.39, 0.29) is 5.91 Å². The smallest absolute Gasteiger partial charge is 0.256 e. The summed E-state index contributed by atoms with van der Waals surface area (Å²) in [5, 5.41) is 3.09. The number of nitrogens with one attached hydrogen (secondary N) is 1. The SMILES string of the molecule is CCCOc1ccc(NC(=O)[C@@]2(OCCC)CCC[C@@H](C)C2)cc1C. The molecule has 4 nitrogen and oxygen atoms in total. The zero-order valence-electron chi connectivity index (χ0n) is 16.2. The Morgan fingerprint density at radius 2 is 2.04 bits per heavy atom. The van der Waals surface area contributed by atoms with Gasteiger partial charge < -0.3 is 14.8 Å². The number of carbonyl (C=O) groups is 1. The van der Waals surface area contributed by atoms with E-state index < -0.39 is 5.60 Å². The summed E-state index contributed by atoms with van der Waals surface area (Å²) in [5.41, 5.74) is 1.16. The van der Waals surface area contributed by atoms with Crippen LogP contribution in [0.4, 0.5) is 5.69 Å². The van der Waals surface area contributed by atoms with Crippen molar-refractivity contribution in [3.05, 3.63) is 23.8 Å². The van der Waals surface area contributed by atoms with Crippen LogP contribution in [-0.2, 0) is 9.53 Å². The molecule has 1 aromatic rings. The predicted molar refractivity (Wildman–Crippen MR) is 102 cm³/mol. The van der Waals surface area contributed by atoms with Gasteiger partial charge >= 0.3 is 0 Å². The van der Waals surface area contributed by atoms with E-state index in [1.807, 2.05) is 25.1 Å². The highest BCUT2D eigenvalue weighted by atomic mass is 16.5. The lowest BCUT2D eigenvalue weighted by molar-refractivity contribution is -0.148. The summed E-state index contributed by atoms with van der Waals surface area (Å²) in [6, 6.07) is 5.82. The first-order valence-electron chi connectivity index (χ1n) is 9.69. The Hall–Kier alpha value is -1.55. The molecule has 1 amide bonds. The standard InChI is InChI=1S/C21H33NO3/c1-5-12-24-19-10-9-18(14-17(19)4)22-20(23)21(25-13-6-2)11-7-8-16(3)15-21/h9-10,14,16H,5-8,11-13,15H2,1-4H3,(H,22,23)/t16-,21-/m1/s1. The molecule has 1 saturated carbocycles. The average Bonchev–Trinajstić information content (AvgIpc) is 2.59. The molecule has 0 radical (unpaired) electrons. The molecular weight excluding hydrogens is 314 g/mol. The van der Waals surface area contributed by atoms with Gasteiger partial charge in [-0.3, -0.25) is 4.79 Å². The van der Waals surface area contributed by atoms with Crippen LogP contribution in [0.3, 0.4) is 0 Å². The van der Waals surface area contributed by atoms with Crippen molar-refractivity contribution in [2.24, 2.45) is 5.92 Å². The van der Waals surface area contributed by atoms with E-state index in [1.54, 1.807) is 0 Å². The van der Waals surface area contributed by atoms with Crippen molar-refractivity contribution in [3.63, 3.8) is 0 Å². The summed E-state index contributed by atoms with van der Waals surface area (Å²) in [6.45, 7) is 9.72. The number of hydrogen-bond acceptors (Lipinski definition) is 3. The molecule has 1 aromatic carbocycles. The largest absolute Gasteiger partial charge is 0.493 e. The number of benzene rings is 1. The number of hydrogen-bond donors (Lipinski definition) is 1. The maximum Gasteiger partial charge on any atom is 0.256 e. The lowest BCUT2D eigenvalue weighted by Crippen LogP contribution is -2.48. The second-order valence-corrected chi connectivity index (χ2v) is 7.33. The molecular formula is C21H33NO3. The number of carbonyl (C=O) groups excluding carboxylic acids is 1. The molecule has 2 rings (SSSR count). The summed E-state index contributed by atoms with van der Waals surface area (Å²) >= 11 is 0. The number of anilines is 1. The van der Waals surface area contributed by atoms with Crippen molar-refractivity contribution < 1.29 is 14.3 Å². The number of amides is 1. The average molecular weight is 347 g/mol. The summed E-state index contributed by atoms with van der Waals surface area (Å²) in [7, 11) is 0. The van der Waals surface area contributed by atoms with Gasteiger partial charge in [0.1, 0.15) is 11.4 Å². The molecule has 0 aliphatic heterocycles. The maximum atomic E-state index is 13.0. The second kappa shape index (κ2) is 9.23. The fourth-order valence-electron chi connectivity index (χ4n) is 3.55. The summed E-state index contributed by atoms with van der Waals surface area (Å²) in [4.78, 5) is 13.0. The van der Waals surface area contributed by atoms with Crippen LogP contribution in [0.25, 0.3) is 0 Å².